The molecule has 0 fully saturated rings. The molecule has 2 aromatic carbocycles. The van der Waals surface area contributed by atoms with Gasteiger partial charge in [0.25, 0.3) is 5.91 Å². The van der Waals surface area contributed by atoms with Crippen molar-refractivity contribution in [3.63, 3.8) is 0 Å². The number of ether oxygens (including phenoxy) is 1. The van der Waals surface area contributed by atoms with Crippen LogP contribution in [0, 0.1) is 6.92 Å². The molecular weight excluding hydrogens is 390 g/mol. The topological polar surface area (TPSA) is 64.1 Å². The zero-order valence-electron chi connectivity index (χ0n) is 12.8. The first-order chi connectivity index (χ1) is 11.6. The second kappa shape index (κ2) is 7.55. The zero-order valence-corrected chi connectivity index (χ0v) is 15.2. The van der Waals surface area contributed by atoms with E-state index in [1.807, 2.05) is 55.5 Å². The Hall–Kier alpha value is -2.25. The highest BCUT2D eigenvalue weighted by molar-refractivity contribution is 9.10. The Morgan fingerprint density at radius 3 is 2.71 bits per heavy atom. The summed E-state index contributed by atoms with van der Waals surface area (Å²) in [7, 11) is 0. The highest BCUT2D eigenvalue weighted by atomic mass is 79.9. The highest BCUT2D eigenvalue weighted by Crippen LogP contribution is 2.23. The molecule has 1 amide bonds. The maximum Gasteiger partial charge on any atom is 0.264 e. The number of anilines is 1. The molecule has 3 rings (SSSR count). The second-order valence-electron chi connectivity index (χ2n) is 5.03. The predicted octanol–water partition coefficient (Wildman–Crippen LogP) is 4.29. The Morgan fingerprint density at radius 1 is 1.21 bits per heavy atom. The monoisotopic (exact) mass is 403 g/mol. The van der Waals surface area contributed by atoms with Gasteiger partial charge in [-0.2, -0.15) is 9.36 Å². The molecule has 0 atom stereocenters. The first-order valence-electron chi connectivity index (χ1n) is 7.20. The summed E-state index contributed by atoms with van der Waals surface area (Å²) in [4.78, 5) is 16.3. The molecule has 3 aromatic rings. The molecule has 0 aliphatic heterocycles. The third kappa shape index (κ3) is 4.18. The molecular formula is C17H14BrN3O2S. The minimum atomic E-state index is -0.267. The quantitative estimate of drug-likeness (QED) is 0.689. The van der Waals surface area contributed by atoms with Crippen LogP contribution < -0.4 is 10.1 Å². The van der Waals surface area contributed by atoms with Gasteiger partial charge < -0.3 is 4.74 Å². The molecule has 0 radical (unpaired) electrons. The van der Waals surface area contributed by atoms with Crippen molar-refractivity contribution in [1.29, 1.82) is 0 Å². The molecule has 1 N–H and O–H groups in total. The molecule has 0 spiro atoms. The number of carbonyl (C=O) groups excluding carboxylic acids is 1. The standard InChI is InChI=1S/C17H14BrN3O2S/c1-11-4-2-3-5-14(11)23-10-15(22)19-17-20-16(21-24-17)12-6-8-13(18)9-7-12/h2-9H,10H2,1H3,(H,19,20,21,22). The van der Waals surface area contributed by atoms with Gasteiger partial charge in [0, 0.05) is 21.6 Å². The lowest BCUT2D eigenvalue weighted by Crippen LogP contribution is -2.20. The van der Waals surface area contributed by atoms with Gasteiger partial charge in [-0.25, -0.2) is 0 Å². The summed E-state index contributed by atoms with van der Waals surface area (Å²) in [5.74, 6) is 1.01. The van der Waals surface area contributed by atoms with Crippen molar-refractivity contribution in [1.82, 2.24) is 9.36 Å². The van der Waals surface area contributed by atoms with Crippen molar-refractivity contribution in [2.45, 2.75) is 6.92 Å². The Labute approximate surface area is 152 Å². The Morgan fingerprint density at radius 2 is 1.96 bits per heavy atom. The molecule has 0 aliphatic rings. The number of amides is 1. The summed E-state index contributed by atoms with van der Waals surface area (Å²) < 4.78 is 10.8. The summed E-state index contributed by atoms with van der Waals surface area (Å²) in [6, 6.07) is 15.2. The van der Waals surface area contributed by atoms with E-state index in [1.54, 1.807) is 0 Å². The number of nitrogens with zero attached hydrogens (tertiary/aromatic N) is 2. The lowest BCUT2D eigenvalue weighted by atomic mass is 10.2. The number of aromatic nitrogens is 2. The summed E-state index contributed by atoms with van der Waals surface area (Å²) in [6.07, 6.45) is 0. The SMILES string of the molecule is Cc1ccccc1OCC(=O)Nc1nc(-c2ccc(Br)cc2)ns1. The van der Waals surface area contributed by atoms with Crippen LogP contribution in [0.3, 0.4) is 0 Å². The molecule has 0 saturated heterocycles. The van der Waals surface area contributed by atoms with Crippen molar-refractivity contribution in [2.24, 2.45) is 0 Å². The maximum absolute atomic E-state index is 12.0. The molecule has 0 unspecified atom stereocenters. The van der Waals surface area contributed by atoms with E-state index >= 15 is 0 Å². The number of rotatable bonds is 5. The molecule has 24 heavy (non-hydrogen) atoms. The van der Waals surface area contributed by atoms with Gasteiger partial charge in [-0.1, -0.05) is 46.3 Å². The minimum absolute atomic E-state index is 0.0714. The van der Waals surface area contributed by atoms with Crippen molar-refractivity contribution >= 4 is 38.5 Å². The van der Waals surface area contributed by atoms with E-state index in [9.17, 15) is 4.79 Å². The van der Waals surface area contributed by atoms with Crippen LogP contribution in [0.4, 0.5) is 5.13 Å². The first-order valence-corrected chi connectivity index (χ1v) is 8.76. The zero-order chi connectivity index (χ0) is 16.9. The largest absolute Gasteiger partial charge is 0.483 e. The fourth-order valence-electron chi connectivity index (χ4n) is 2.01. The summed E-state index contributed by atoms with van der Waals surface area (Å²) in [6.45, 7) is 1.86. The van der Waals surface area contributed by atoms with Gasteiger partial charge in [0.05, 0.1) is 0 Å². The molecule has 0 saturated carbocycles. The van der Waals surface area contributed by atoms with Crippen LogP contribution in [-0.4, -0.2) is 21.9 Å². The van der Waals surface area contributed by atoms with Crippen LogP contribution in [0.25, 0.3) is 11.4 Å². The third-order valence-electron chi connectivity index (χ3n) is 3.23. The smallest absolute Gasteiger partial charge is 0.264 e. The summed E-state index contributed by atoms with van der Waals surface area (Å²) in [5, 5.41) is 3.16. The average molecular weight is 404 g/mol. The van der Waals surface area contributed by atoms with Crippen molar-refractivity contribution in [3.05, 3.63) is 58.6 Å². The first kappa shape index (κ1) is 16.6. The van der Waals surface area contributed by atoms with Crippen LogP contribution in [-0.2, 0) is 4.79 Å². The number of aryl methyl sites for hydroxylation is 1. The number of carbonyl (C=O) groups is 1. The number of benzene rings is 2. The average Bonchev–Trinajstić information content (AvgIpc) is 3.03. The van der Waals surface area contributed by atoms with E-state index in [-0.39, 0.29) is 12.5 Å². The van der Waals surface area contributed by atoms with Crippen molar-refractivity contribution < 1.29 is 9.53 Å². The summed E-state index contributed by atoms with van der Waals surface area (Å²) in [5.41, 5.74) is 1.88. The van der Waals surface area contributed by atoms with Gasteiger partial charge >= 0.3 is 0 Å². The molecule has 1 heterocycles. The van der Waals surface area contributed by atoms with Crippen molar-refractivity contribution in [2.75, 3.05) is 11.9 Å². The summed E-state index contributed by atoms with van der Waals surface area (Å²) >= 11 is 4.53. The maximum atomic E-state index is 12.0. The van der Waals surface area contributed by atoms with Gasteiger partial charge in [0.15, 0.2) is 12.4 Å². The van der Waals surface area contributed by atoms with Crippen LogP contribution in [0.2, 0.25) is 0 Å². The van der Waals surface area contributed by atoms with Crippen LogP contribution >= 0.6 is 27.5 Å². The second-order valence-corrected chi connectivity index (χ2v) is 6.70. The fraction of sp³-hybridized carbons (Fsp3) is 0.118. The van der Waals surface area contributed by atoms with E-state index < -0.39 is 0 Å². The van der Waals surface area contributed by atoms with Crippen molar-refractivity contribution in [3.8, 4) is 17.1 Å². The van der Waals surface area contributed by atoms with Crippen LogP contribution in [0.1, 0.15) is 5.56 Å². The number of nitrogens with one attached hydrogen (secondary N) is 1. The molecule has 122 valence electrons. The Balaban J connectivity index is 1.59. The number of halogens is 1. The van der Waals surface area contributed by atoms with Crippen LogP contribution in [0.5, 0.6) is 5.75 Å². The number of hydrogen-bond donors (Lipinski definition) is 1. The molecule has 1 aromatic heterocycles. The fourth-order valence-corrected chi connectivity index (χ4v) is 2.88. The number of hydrogen-bond acceptors (Lipinski definition) is 5. The van der Waals surface area contributed by atoms with E-state index in [0.717, 1.165) is 27.1 Å². The van der Waals surface area contributed by atoms with Gasteiger partial charge in [-0.3, -0.25) is 10.1 Å². The van der Waals surface area contributed by atoms with E-state index in [2.05, 4.69) is 30.6 Å². The van der Waals surface area contributed by atoms with Crippen LogP contribution in [0.15, 0.2) is 53.0 Å². The van der Waals surface area contributed by atoms with Gasteiger partial charge in [-0.05, 0) is 30.7 Å². The molecule has 0 bridgehead atoms. The molecule has 0 aliphatic carbocycles. The van der Waals surface area contributed by atoms with E-state index in [1.165, 1.54) is 0 Å². The Bertz CT molecular complexity index is 849. The number of para-hydroxylation sites is 1. The van der Waals surface area contributed by atoms with Gasteiger partial charge in [0.2, 0.25) is 5.13 Å². The van der Waals surface area contributed by atoms with E-state index in [0.29, 0.717) is 16.7 Å². The lowest BCUT2D eigenvalue weighted by molar-refractivity contribution is -0.118. The molecule has 5 nitrogen and oxygen atoms in total. The predicted molar refractivity (Wildman–Crippen MR) is 98.3 cm³/mol. The highest BCUT2D eigenvalue weighted by Gasteiger charge is 2.10. The minimum Gasteiger partial charge on any atom is -0.483 e. The van der Waals surface area contributed by atoms with E-state index in [4.69, 9.17) is 4.74 Å². The normalized spacial score (nSPS) is 10.4. The Kier molecular flexibility index (Phi) is 5.22. The molecule has 7 heteroatoms. The van der Waals surface area contributed by atoms with Gasteiger partial charge in [0.1, 0.15) is 5.75 Å². The lowest BCUT2D eigenvalue weighted by Gasteiger charge is -2.07. The third-order valence-corrected chi connectivity index (χ3v) is 4.39. The van der Waals surface area contributed by atoms with Gasteiger partial charge in [-0.15, -0.1) is 0 Å².